The molecular weight excluding hydrogens is 465 g/mol. The fourth-order valence-corrected chi connectivity index (χ4v) is 4.48. The van der Waals surface area contributed by atoms with Gasteiger partial charge in [-0.2, -0.15) is 0 Å². The second kappa shape index (κ2) is 10.5. The topological polar surface area (TPSA) is 79.9 Å². The highest BCUT2D eigenvalue weighted by Gasteiger charge is 2.31. The molecule has 0 bridgehead atoms. The number of nitrogens with zero attached hydrogens (tertiary/aromatic N) is 1. The van der Waals surface area contributed by atoms with Crippen LogP contribution in [0, 0.1) is 0 Å². The summed E-state index contributed by atoms with van der Waals surface area (Å²) >= 11 is 11.9. The average molecular weight is 492 g/mol. The summed E-state index contributed by atoms with van der Waals surface area (Å²) in [5.41, 5.74) is 0.878. The minimum absolute atomic E-state index is 0.0441. The lowest BCUT2D eigenvalue weighted by Crippen LogP contribution is -2.52. The molecular formula is C24H27Cl2N3O4. The largest absolute Gasteiger partial charge is 0.484 e. The summed E-state index contributed by atoms with van der Waals surface area (Å²) in [4.78, 5) is 27.0. The van der Waals surface area contributed by atoms with E-state index in [2.05, 4.69) is 10.6 Å². The van der Waals surface area contributed by atoms with Crippen LogP contribution < -0.4 is 25.0 Å². The molecule has 0 radical (unpaired) electrons. The van der Waals surface area contributed by atoms with Gasteiger partial charge in [0.1, 0.15) is 11.5 Å². The monoisotopic (exact) mass is 491 g/mol. The number of carbonyl (C=O) groups is 2. The Kier molecular flexibility index (Phi) is 7.50. The summed E-state index contributed by atoms with van der Waals surface area (Å²) in [5, 5.41) is 7.38. The van der Waals surface area contributed by atoms with Gasteiger partial charge in [-0.3, -0.25) is 9.59 Å². The van der Waals surface area contributed by atoms with Crippen LogP contribution in [0.3, 0.4) is 0 Å². The Bertz CT molecular complexity index is 994. The summed E-state index contributed by atoms with van der Waals surface area (Å²) in [6.07, 6.45) is 2.60. The number of halogens is 2. The molecule has 0 aromatic heterocycles. The van der Waals surface area contributed by atoms with Crippen molar-refractivity contribution in [1.82, 2.24) is 10.6 Å². The Balaban J connectivity index is 1.19. The maximum Gasteiger partial charge on any atom is 0.263 e. The van der Waals surface area contributed by atoms with Gasteiger partial charge in [-0.05, 0) is 68.1 Å². The minimum Gasteiger partial charge on any atom is -0.484 e. The second-order valence-electron chi connectivity index (χ2n) is 8.47. The van der Waals surface area contributed by atoms with Crippen LogP contribution in [0.5, 0.6) is 11.5 Å². The molecule has 0 saturated heterocycles. The smallest absolute Gasteiger partial charge is 0.263 e. The zero-order chi connectivity index (χ0) is 23.4. The Morgan fingerprint density at radius 1 is 1.00 bits per heavy atom. The van der Waals surface area contributed by atoms with E-state index in [1.54, 1.807) is 36.4 Å². The number of rotatable bonds is 6. The van der Waals surface area contributed by atoms with Gasteiger partial charge in [0.05, 0.1) is 12.2 Å². The third-order valence-corrected chi connectivity index (χ3v) is 6.44. The standard InChI is InChI=1S/C24H27Cl2N3O4/c1-29-13-22(33-21-11-4-16(26)12-20(21)29)24(31)28-18-7-5-17(6-8-18)27-23(30)14-32-19-9-2-15(25)3-10-19/h2-4,9-12,17-18,22H,5-8,13-14H2,1H3,(H,27,30)(H,28,31)/t17-,18-,22-/m1/s1. The van der Waals surface area contributed by atoms with E-state index in [0.717, 1.165) is 31.4 Å². The molecule has 1 fully saturated rings. The number of likely N-dealkylation sites (N-methyl/N-ethyl adjacent to an activating group) is 1. The van der Waals surface area contributed by atoms with Crippen molar-refractivity contribution < 1.29 is 19.1 Å². The van der Waals surface area contributed by atoms with Crippen molar-refractivity contribution in [2.45, 2.75) is 43.9 Å². The number of nitrogens with one attached hydrogen (secondary N) is 2. The van der Waals surface area contributed by atoms with E-state index in [4.69, 9.17) is 32.7 Å². The molecule has 2 amide bonds. The Hall–Kier alpha value is -2.64. The number of amides is 2. The van der Waals surface area contributed by atoms with Gasteiger partial charge in [0, 0.05) is 29.2 Å². The van der Waals surface area contributed by atoms with E-state index >= 15 is 0 Å². The number of carbonyl (C=O) groups excluding carboxylic acids is 2. The van der Waals surface area contributed by atoms with Gasteiger partial charge < -0.3 is 25.0 Å². The van der Waals surface area contributed by atoms with E-state index in [9.17, 15) is 9.59 Å². The molecule has 9 heteroatoms. The van der Waals surface area contributed by atoms with Crippen molar-refractivity contribution in [3.05, 3.63) is 52.5 Å². The zero-order valence-electron chi connectivity index (χ0n) is 18.4. The van der Waals surface area contributed by atoms with Crippen LogP contribution in [0.25, 0.3) is 0 Å². The molecule has 176 valence electrons. The number of anilines is 1. The van der Waals surface area contributed by atoms with E-state index < -0.39 is 6.10 Å². The molecule has 2 aliphatic rings. The van der Waals surface area contributed by atoms with Crippen molar-refractivity contribution >= 4 is 40.7 Å². The summed E-state index contributed by atoms with van der Waals surface area (Å²) in [6, 6.07) is 12.4. The molecule has 2 aromatic rings. The fourth-order valence-electron chi connectivity index (χ4n) is 4.19. The molecule has 1 atom stereocenters. The number of ether oxygens (including phenoxy) is 2. The lowest BCUT2D eigenvalue weighted by atomic mass is 9.91. The molecule has 7 nitrogen and oxygen atoms in total. The first kappa shape index (κ1) is 23.5. The number of hydrogen-bond donors (Lipinski definition) is 2. The molecule has 0 unspecified atom stereocenters. The highest BCUT2D eigenvalue weighted by atomic mass is 35.5. The zero-order valence-corrected chi connectivity index (χ0v) is 19.9. The highest BCUT2D eigenvalue weighted by molar-refractivity contribution is 6.31. The van der Waals surface area contributed by atoms with Crippen molar-refractivity contribution in [1.29, 1.82) is 0 Å². The highest BCUT2D eigenvalue weighted by Crippen LogP contribution is 2.34. The average Bonchev–Trinajstić information content (AvgIpc) is 2.80. The molecule has 1 saturated carbocycles. The summed E-state index contributed by atoms with van der Waals surface area (Å²) < 4.78 is 11.4. The molecule has 1 aliphatic heterocycles. The van der Waals surface area contributed by atoms with Crippen molar-refractivity contribution in [2.75, 3.05) is 25.1 Å². The van der Waals surface area contributed by atoms with E-state index in [0.29, 0.717) is 28.1 Å². The summed E-state index contributed by atoms with van der Waals surface area (Å²) in [6.45, 7) is 0.412. The van der Waals surface area contributed by atoms with Crippen LogP contribution in [0.2, 0.25) is 10.0 Å². The van der Waals surface area contributed by atoms with E-state index in [1.807, 2.05) is 18.0 Å². The van der Waals surface area contributed by atoms with Crippen molar-refractivity contribution in [3.63, 3.8) is 0 Å². The SMILES string of the molecule is CN1C[C@H](C(=O)N[C@H]2CC[C@H](NC(=O)COc3ccc(Cl)cc3)CC2)Oc2ccc(Cl)cc21. The second-order valence-corrected chi connectivity index (χ2v) is 9.34. The van der Waals surface area contributed by atoms with Gasteiger partial charge in [0.2, 0.25) is 0 Å². The van der Waals surface area contributed by atoms with Crippen LogP contribution in [-0.4, -0.2) is 50.2 Å². The van der Waals surface area contributed by atoms with Crippen LogP contribution in [0.4, 0.5) is 5.69 Å². The summed E-state index contributed by atoms with van der Waals surface area (Å²) in [7, 11) is 1.92. The maximum atomic E-state index is 12.8. The van der Waals surface area contributed by atoms with Crippen LogP contribution in [0.1, 0.15) is 25.7 Å². The first-order chi connectivity index (χ1) is 15.9. The third kappa shape index (κ3) is 6.24. The third-order valence-electron chi connectivity index (χ3n) is 5.96. The van der Waals surface area contributed by atoms with Gasteiger partial charge in [0.25, 0.3) is 11.8 Å². The molecule has 33 heavy (non-hydrogen) atoms. The van der Waals surface area contributed by atoms with Gasteiger partial charge in [-0.15, -0.1) is 0 Å². The van der Waals surface area contributed by atoms with Gasteiger partial charge in [-0.1, -0.05) is 23.2 Å². The predicted molar refractivity (Wildman–Crippen MR) is 128 cm³/mol. The number of hydrogen-bond acceptors (Lipinski definition) is 5. The Labute approximate surface area is 203 Å². The van der Waals surface area contributed by atoms with Gasteiger partial charge >= 0.3 is 0 Å². The molecule has 1 aliphatic carbocycles. The van der Waals surface area contributed by atoms with Gasteiger partial charge in [-0.25, -0.2) is 0 Å². The van der Waals surface area contributed by atoms with E-state index in [-0.39, 0.29) is 30.5 Å². The summed E-state index contributed by atoms with van der Waals surface area (Å²) in [5.74, 6) is 0.976. The molecule has 2 aromatic carbocycles. The maximum absolute atomic E-state index is 12.8. The predicted octanol–water partition coefficient (Wildman–Crippen LogP) is 3.81. The lowest BCUT2D eigenvalue weighted by molar-refractivity contribution is -0.129. The van der Waals surface area contributed by atoms with Crippen LogP contribution in [-0.2, 0) is 9.59 Å². The molecule has 0 spiro atoms. The van der Waals surface area contributed by atoms with E-state index in [1.165, 1.54) is 0 Å². The van der Waals surface area contributed by atoms with Crippen molar-refractivity contribution in [3.8, 4) is 11.5 Å². The van der Waals surface area contributed by atoms with Crippen LogP contribution >= 0.6 is 23.2 Å². The number of benzene rings is 2. The first-order valence-corrected chi connectivity index (χ1v) is 11.8. The quantitative estimate of drug-likeness (QED) is 0.641. The molecule has 2 N–H and O–H groups in total. The molecule has 4 rings (SSSR count). The van der Waals surface area contributed by atoms with Crippen molar-refractivity contribution in [2.24, 2.45) is 0 Å². The van der Waals surface area contributed by atoms with Gasteiger partial charge in [0.15, 0.2) is 12.7 Å². The fraction of sp³-hybridized carbons (Fsp3) is 0.417. The molecule has 1 heterocycles. The number of fused-ring (bicyclic) bond motifs is 1. The Morgan fingerprint density at radius 2 is 1.64 bits per heavy atom. The van der Waals surface area contributed by atoms with Crippen LogP contribution in [0.15, 0.2) is 42.5 Å². The first-order valence-electron chi connectivity index (χ1n) is 11.0. The Morgan fingerprint density at radius 3 is 2.33 bits per heavy atom. The minimum atomic E-state index is -0.578. The lowest BCUT2D eigenvalue weighted by Gasteiger charge is -2.35. The normalized spacial score (nSPS) is 22.0.